The summed E-state index contributed by atoms with van der Waals surface area (Å²) in [4.78, 5) is 0. The van der Waals surface area contributed by atoms with Crippen molar-refractivity contribution in [3.8, 4) is 0 Å². The Morgan fingerprint density at radius 1 is 1.29 bits per heavy atom. The van der Waals surface area contributed by atoms with Gasteiger partial charge in [0.25, 0.3) is 0 Å². The summed E-state index contributed by atoms with van der Waals surface area (Å²) in [7, 11) is 0. The van der Waals surface area contributed by atoms with E-state index in [1.807, 2.05) is 0 Å². The normalized spacial score (nSPS) is 57.0. The lowest BCUT2D eigenvalue weighted by molar-refractivity contribution is 0.160. The number of hydrogen-bond donors (Lipinski definition) is 1. The lowest BCUT2D eigenvalue weighted by Gasteiger charge is -1.93. The largest absolute Gasteiger partial charge is 0.381 e. The average Bonchev–Trinajstić information content (AvgIpc) is 2.26. The van der Waals surface area contributed by atoms with Gasteiger partial charge in [-0.2, -0.15) is 0 Å². The van der Waals surface area contributed by atoms with Crippen LogP contribution in [0.2, 0.25) is 0 Å². The van der Waals surface area contributed by atoms with Gasteiger partial charge in [0.1, 0.15) is 0 Å². The van der Waals surface area contributed by atoms with Crippen molar-refractivity contribution in [3.05, 3.63) is 0 Å². The Bertz CT molecular complexity index is 84.1. The third-order valence-corrected chi connectivity index (χ3v) is 2.02. The summed E-state index contributed by atoms with van der Waals surface area (Å²) >= 11 is 0. The Balaban J connectivity index is 2.06. The number of nitrogens with two attached hydrogens (primary N) is 1. The molecule has 40 valence electrons. The van der Waals surface area contributed by atoms with E-state index >= 15 is 0 Å². The van der Waals surface area contributed by atoms with Crippen LogP contribution in [0.4, 0.5) is 0 Å². The van der Waals surface area contributed by atoms with Crippen LogP contribution in [0.5, 0.6) is 0 Å². The highest BCUT2D eigenvalue weighted by molar-refractivity contribution is 5.03. The van der Waals surface area contributed by atoms with Crippen LogP contribution in [0.3, 0.4) is 0 Å². The first-order valence-corrected chi connectivity index (χ1v) is 2.73. The topological polar surface area (TPSA) is 35.2 Å². The van der Waals surface area contributed by atoms with E-state index in [0.717, 1.165) is 25.0 Å². The summed E-state index contributed by atoms with van der Waals surface area (Å²) in [5, 5.41) is 0. The summed E-state index contributed by atoms with van der Waals surface area (Å²) in [6.07, 6.45) is 0. The molecule has 1 aliphatic carbocycles. The second-order valence-electron chi connectivity index (χ2n) is 2.44. The van der Waals surface area contributed by atoms with Crippen molar-refractivity contribution in [2.45, 2.75) is 6.04 Å². The van der Waals surface area contributed by atoms with Crippen LogP contribution < -0.4 is 5.73 Å². The molecule has 0 unspecified atom stereocenters. The monoisotopic (exact) mass is 99.1 g/mol. The maximum atomic E-state index is 5.59. The van der Waals surface area contributed by atoms with Crippen molar-refractivity contribution in [1.82, 2.24) is 0 Å². The van der Waals surface area contributed by atoms with Crippen molar-refractivity contribution in [3.63, 3.8) is 0 Å². The first-order valence-electron chi connectivity index (χ1n) is 2.73. The third-order valence-electron chi connectivity index (χ3n) is 2.02. The maximum absolute atomic E-state index is 5.59. The first kappa shape index (κ1) is 3.87. The molecule has 0 spiro atoms. The number of ether oxygens (including phenoxy) is 1. The Labute approximate surface area is 42.6 Å². The van der Waals surface area contributed by atoms with Crippen LogP contribution in [-0.2, 0) is 4.74 Å². The van der Waals surface area contributed by atoms with Gasteiger partial charge in [0.15, 0.2) is 0 Å². The molecular weight excluding hydrogens is 90.1 g/mol. The lowest BCUT2D eigenvalue weighted by atomic mass is 10.4. The molecular formula is C5H9NO. The minimum absolute atomic E-state index is 0.494. The molecule has 7 heavy (non-hydrogen) atoms. The molecule has 1 saturated heterocycles. The van der Waals surface area contributed by atoms with E-state index in [0.29, 0.717) is 6.04 Å². The third kappa shape index (κ3) is 0.359. The van der Waals surface area contributed by atoms with Crippen molar-refractivity contribution in [2.75, 3.05) is 13.2 Å². The highest BCUT2D eigenvalue weighted by atomic mass is 16.5. The molecule has 2 N–H and O–H groups in total. The quantitative estimate of drug-likeness (QED) is 0.448. The molecule has 0 aromatic carbocycles. The van der Waals surface area contributed by atoms with E-state index in [-0.39, 0.29) is 0 Å². The van der Waals surface area contributed by atoms with Crippen LogP contribution >= 0.6 is 0 Å². The second-order valence-corrected chi connectivity index (χ2v) is 2.44. The van der Waals surface area contributed by atoms with Crippen LogP contribution in [-0.4, -0.2) is 19.3 Å². The van der Waals surface area contributed by atoms with E-state index in [4.69, 9.17) is 10.5 Å². The maximum Gasteiger partial charge on any atom is 0.0513 e. The Morgan fingerprint density at radius 2 is 1.86 bits per heavy atom. The highest BCUT2D eigenvalue weighted by Gasteiger charge is 2.51. The summed E-state index contributed by atoms with van der Waals surface area (Å²) in [6.45, 7) is 1.84. The standard InChI is InChI=1S/C5H9NO/c6-5-3-1-7-2-4(3)5/h3-5H,1-2,6H2/t3-,4+,5+. The Kier molecular flexibility index (Phi) is 0.557. The van der Waals surface area contributed by atoms with Gasteiger partial charge in [-0.3, -0.25) is 0 Å². The van der Waals surface area contributed by atoms with Crippen LogP contribution in [0.15, 0.2) is 0 Å². The Morgan fingerprint density at radius 3 is 2.14 bits per heavy atom. The molecule has 1 heterocycles. The van der Waals surface area contributed by atoms with E-state index in [2.05, 4.69) is 0 Å². The average molecular weight is 99.1 g/mol. The SMILES string of the molecule is N[C@@H]1[C@H]2COC[C@@H]12. The predicted molar refractivity (Wildman–Crippen MR) is 25.8 cm³/mol. The highest BCUT2D eigenvalue weighted by Crippen LogP contribution is 2.41. The molecule has 2 nitrogen and oxygen atoms in total. The minimum atomic E-state index is 0.494. The lowest BCUT2D eigenvalue weighted by Crippen LogP contribution is -2.11. The zero-order valence-electron chi connectivity index (χ0n) is 4.13. The fourth-order valence-electron chi connectivity index (χ4n) is 1.28. The molecule has 2 fully saturated rings. The van der Waals surface area contributed by atoms with Gasteiger partial charge in [0.05, 0.1) is 13.2 Å². The predicted octanol–water partition coefficient (Wildman–Crippen LogP) is -0.410. The van der Waals surface area contributed by atoms with Gasteiger partial charge in [-0.05, 0) is 0 Å². The van der Waals surface area contributed by atoms with Gasteiger partial charge in [-0.15, -0.1) is 0 Å². The van der Waals surface area contributed by atoms with Gasteiger partial charge in [0, 0.05) is 17.9 Å². The van der Waals surface area contributed by atoms with Crippen molar-refractivity contribution in [1.29, 1.82) is 0 Å². The fraction of sp³-hybridized carbons (Fsp3) is 1.00. The van der Waals surface area contributed by atoms with E-state index in [9.17, 15) is 0 Å². The molecule has 0 aromatic heterocycles. The van der Waals surface area contributed by atoms with E-state index in [1.165, 1.54) is 0 Å². The summed E-state index contributed by atoms with van der Waals surface area (Å²) in [6, 6.07) is 0.494. The van der Waals surface area contributed by atoms with Gasteiger partial charge < -0.3 is 10.5 Å². The molecule has 2 rings (SSSR count). The molecule has 0 amide bonds. The van der Waals surface area contributed by atoms with Crippen LogP contribution in [0.25, 0.3) is 0 Å². The van der Waals surface area contributed by atoms with Crippen molar-refractivity contribution in [2.24, 2.45) is 17.6 Å². The van der Waals surface area contributed by atoms with Gasteiger partial charge in [-0.1, -0.05) is 0 Å². The number of rotatable bonds is 0. The summed E-state index contributed by atoms with van der Waals surface area (Å²) in [5.41, 5.74) is 5.59. The zero-order chi connectivity index (χ0) is 4.85. The molecule has 2 aliphatic rings. The molecule has 0 bridgehead atoms. The van der Waals surface area contributed by atoms with Gasteiger partial charge in [0.2, 0.25) is 0 Å². The smallest absolute Gasteiger partial charge is 0.0513 e. The molecule has 0 radical (unpaired) electrons. The molecule has 3 atom stereocenters. The minimum Gasteiger partial charge on any atom is -0.381 e. The van der Waals surface area contributed by atoms with Crippen molar-refractivity contribution < 1.29 is 4.74 Å². The summed E-state index contributed by atoms with van der Waals surface area (Å²) < 4.78 is 5.10. The summed E-state index contributed by atoms with van der Waals surface area (Å²) in [5.74, 6) is 1.47. The molecule has 0 aromatic rings. The molecule has 1 aliphatic heterocycles. The van der Waals surface area contributed by atoms with Gasteiger partial charge >= 0.3 is 0 Å². The fourth-order valence-corrected chi connectivity index (χ4v) is 1.28. The molecule has 1 saturated carbocycles. The zero-order valence-corrected chi connectivity index (χ0v) is 4.13. The van der Waals surface area contributed by atoms with Gasteiger partial charge in [-0.25, -0.2) is 0 Å². The van der Waals surface area contributed by atoms with Crippen LogP contribution in [0.1, 0.15) is 0 Å². The van der Waals surface area contributed by atoms with E-state index in [1.54, 1.807) is 0 Å². The first-order chi connectivity index (χ1) is 3.39. The van der Waals surface area contributed by atoms with Crippen molar-refractivity contribution >= 4 is 0 Å². The number of fused-ring (bicyclic) bond motifs is 1. The second kappa shape index (κ2) is 1.01. The van der Waals surface area contributed by atoms with E-state index < -0.39 is 0 Å². The number of hydrogen-bond acceptors (Lipinski definition) is 2. The Hall–Kier alpha value is -0.0800. The van der Waals surface area contributed by atoms with Crippen LogP contribution in [0, 0.1) is 11.8 Å². The molecule has 2 heteroatoms.